The number of aromatic nitrogens is 1. The molecule has 0 saturated carbocycles. The van der Waals surface area contributed by atoms with Crippen LogP contribution in [0, 0.1) is 0 Å². The van der Waals surface area contributed by atoms with Gasteiger partial charge in [0.15, 0.2) is 0 Å². The molecule has 6 heteroatoms. The van der Waals surface area contributed by atoms with Crippen LogP contribution in [0.1, 0.15) is 24.5 Å². The summed E-state index contributed by atoms with van der Waals surface area (Å²) >= 11 is 0. The van der Waals surface area contributed by atoms with Gasteiger partial charge in [0.2, 0.25) is 0 Å². The monoisotopic (exact) mass is 308 g/mol. The highest BCUT2D eigenvalue weighted by Gasteiger charge is 2.51. The van der Waals surface area contributed by atoms with Crippen LogP contribution < -0.4 is 5.32 Å². The summed E-state index contributed by atoms with van der Waals surface area (Å²) in [5, 5.41) is 7.69. The Hall–Kier alpha value is -3.02. The van der Waals surface area contributed by atoms with Gasteiger partial charge in [-0.3, -0.25) is 9.78 Å². The Morgan fingerprint density at radius 1 is 1.22 bits per heavy atom. The summed E-state index contributed by atoms with van der Waals surface area (Å²) in [6, 6.07) is 12.2. The van der Waals surface area contributed by atoms with Gasteiger partial charge in [-0.1, -0.05) is 43.3 Å². The van der Waals surface area contributed by atoms with Crippen molar-refractivity contribution >= 4 is 18.2 Å². The lowest BCUT2D eigenvalue weighted by Gasteiger charge is -2.24. The summed E-state index contributed by atoms with van der Waals surface area (Å²) in [6.07, 6.45) is 5.14. The van der Waals surface area contributed by atoms with Crippen LogP contribution in [0.4, 0.5) is 4.79 Å². The standard InChI is InChI=1S/C17H16N4O2/c1-2-17(14-8-4-3-5-9-14)15(22)21(16(23)20-17)19-12-13-7-6-10-18-11-13/h3-12H,2H2,1H3,(H,20,23)/b19-12-/t17-/m0/s1. The smallest absolute Gasteiger partial charge is 0.318 e. The SMILES string of the molecule is CC[C@@]1(c2ccccc2)NC(=O)N(/N=C\c2cccnc2)C1=O. The Kier molecular flexibility index (Phi) is 3.89. The second-order valence-corrected chi connectivity index (χ2v) is 5.20. The summed E-state index contributed by atoms with van der Waals surface area (Å²) in [7, 11) is 0. The molecule has 23 heavy (non-hydrogen) atoms. The summed E-state index contributed by atoms with van der Waals surface area (Å²) in [4.78, 5) is 29.0. The molecule has 1 atom stereocenters. The van der Waals surface area contributed by atoms with Crippen LogP contribution in [0.2, 0.25) is 0 Å². The number of hydrazone groups is 1. The van der Waals surface area contributed by atoms with Crippen LogP contribution in [0.5, 0.6) is 0 Å². The van der Waals surface area contributed by atoms with Crippen molar-refractivity contribution in [2.24, 2.45) is 5.10 Å². The number of nitrogens with zero attached hydrogens (tertiary/aromatic N) is 3. The molecule has 2 aromatic rings. The van der Waals surface area contributed by atoms with Crippen molar-refractivity contribution < 1.29 is 9.59 Å². The molecule has 0 bridgehead atoms. The average molecular weight is 308 g/mol. The number of imide groups is 1. The highest BCUT2D eigenvalue weighted by molar-refractivity contribution is 6.07. The first-order chi connectivity index (χ1) is 11.2. The lowest BCUT2D eigenvalue weighted by molar-refractivity contribution is -0.131. The van der Waals surface area contributed by atoms with Gasteiger partial charge in [-0.15, -0.1) is 5.01 Å². The third-order valence-electron chi connectivity index (χ3n) is 3.87. The van der Waals surface area contributed by atoms with Crippen molar-refractivity contribution in [2.75, 3.05) is 0 Å². The second-order valence-electron chi connectivity index (χ2n) is 5.20. The van der Waals surface area contributed by atoms with E-state index in [4.69, 9.17) is 0 Å². The van der Waals surface area contributed by atoms with Gasteiger partial charge >= 0.3 is 6.03 Å². The Morgan fingerprint density at radius 2 is 2.00 bits per heavy atom. The molecule has 1 aliphatic rings. The number of hydrogen-bond acceptors (Lipinski definition) is 4. The van der Waals surface area contributed by atoms with Gasteiger partial charge in [0, 0.05) is 18.0 Å². The van der Waals surface area contributed by atoms with Gasteiger partial charge < -0.3 is 5.32 Å². The third kappa shape index (κ3) is 2.59. The van der Waals surface area contributed by atoms with E-state index in [1.54, 1.807) is 24.5 Å². The summed E-state index contributed by atoms with van der Waals surface area (Å²) < 4.78 is 0. The van der Waals surface area contributed by atoms with Gasteiger partial charge in [-0.2, -0.15) is 5.10 Å². The Balaban J connectivity index is 1.92. The molecular formula is C17H16N4O2. The van der Waals surface area contributed by atoms with Crippen molar-refractivity contribution in [1.82, 2.24) is 15.3 Å². The van der Waals surface area contributed by atoms with Crippen LogP contribution >= 0.6 is 0 Å². The van der Waals surface area contributed by atoms with Crippen molar-refractivity contribution in [3.63, 3.8) is 0 Å². The molecule has 1 saturated heterocycles. The Labute approximate surface area is 133 Å². The first-order valence-electron chi connectivity index (χ1n) is 7.33. The maximum Gasteiger partial charge on any atom is 0.346 e. The van der Waals surface area contributed by atoms with Gasteiger partial charge in [-0.05, 0) is 18.1 Å². The van der Waals surface area contributed by atoms with Gasteiger partial charge in [0.05, 0.1) is 6.21 Å². The molecule has 0 radical (unpaired) electrons. The number of hydrogen-bond donors (Lipinski definition) is 1. The highest BCUT2D eigenvalue weighted by Crippen LogP contribution is 2.32. The molecule has 116 valence electrons. The fourth-order valence-electron chi connectivity index (χ4n) is 2.61. The molecule has 1 aromatic heterocycles. The maximum absolute atomic E-state index is 12.8. The van der Waals surface area contributed by atoms with Gasteiger partial charge in [-0.25, -0.2) is 4.79 Å². The highest BCUT2D eigenvalue weighted by atomic mass is 16.2. The van der Waals surface area contributed by atoms with E-state index in [2.05, 4.69) is 15.4 Å². The van der Waals surface area contributed by atoms with Crippen molar-refractivity contribution in [3.05, 3.63) is 66.0 Å². The largest absolute Gasteiger partial charge is 0.346 e. The summed E-state index contributed by atoms with van der Waals surface area (Å²) in [5.74, 6) is -0.378. The predicted molar refractivity (Wildman–Crippen MR) is 85.6 cm³/mol. The number of carbonyl (C=O) groups is 2. The maximum atomic E-state index is 12.8. The fraction of sp³-hybridized carbons (Fsp3) is 0.176. The van der Waals surface area contributed by atoms with Crippen LogP contribution in [0.15, 0.2) is 60.0 Å². The van der Waals surface area contributed by atoms with Crippen LogP contribution in [0.25, 0.3) is 0 Å². The molecule has 1 fully saturated rings. The van der Waals surface area contributed by atoms with E-state index in [1.165, 1.54) is 6.21 Å². The average Bonchev–Trinajstić information content (AvgIpc) is 2.86. The van der Waals surface area contributed by atoms with Gasteiger partial charge in [0.25, 0.3) is 5.91 Å². The van der Waals surface area contributed by atoms with Crippen molar-refractivity contribution in [2.45, 2.75) is 18.9 Å². The lowest BCUT2D eigenvalue weighted by atomic mass is 9.87. The molecular weight excluding hydrogens is 292 g/mol. The van der Waals surface area contributed by atoms with E-state index in [1.807, 2.05) is 37.3 Å². The molecule has 6 nitrogen and oxygen atoms in total. The lowest BCUT2D eigenvalue weighted by Crippen LogP contribution is -2.43. The van der Waals surface area contributed by atoms with E-state index >= 15 is 0 Å². The molecule has 0 aliphatic carbocycles. The number of urea groups is 1. The first kappa shape index (κ1) is 14.9. The minimum absolute atomic E-state index is 0.378. The zero-order valence-corrected chi connectivity index (χ0v) is 12.6. The first-order valence-corrected chi connectivity index (χ1v) is 7.33. The molecule has 1 aromatic carbocycles. The molecule has 2 heterocycles. The Bertz CT molecular complexity index is 746. The van der Waals surface area contributed by atoms with Crippen LogP contribution in [0.3, 0.4) is 0 Å². The van der Waals surface area contributed by atoms with Crippen LogP contribution in [-0.2, 0) is 10.3 Å². The molecule has 1 aliphatic heterocycles. The number of benzene rings is 1. The molecule has 3 amide bonds. The van der Waals surface area contributed by atoms with E-state index in [0.717, 1.165) is 10.6 Å². The number of rotatable bonds is 4. The topological polar surface area (TPSA) is 74.7 Å². The molecule has 1 N–H and O–H groups in total. The van der Waals surface area contributed by atoms with E-state index < -0.39 is 11.6 Å². The number of amides is 3. The zero-order chi connectivity index (χ0) is 16.3. The fourth-order valence-corrected chi connectivity index (χ4v) is 2.61. The number of carbonyl (C=O) groups excluding carboxylic acids is 2. The molecule has 0 spiro atoms. The van der Waals surface area contributed by atoms with Gasteiger partial charge in [0.1, 0.15) is 5.54 Å². The normalized spacial score (nSPS) is 21.0. The second kappa shape index (κ2) is 6.00. The third-order valence-corrected chi connectivity index (χ3v) is 3.87. The van der Waals surface area contributed by atoms with Crippen LogP contribution in [-0.4, -0.2) is 28.1 Å². The van der Waals surface area contributed by atoms with E-state index in [9.17, 15) is 9.59 Å². The number of nitrogens with one attached hydrogen (secondary N) is 1. The Morgan fingerprint density at radius 3 is 2.65 bits per heavy atom. The molecule has 0 unspecified atom stereocenters. The predicted octanol–water partition coefficient (Wildman–Crippen LogP) is 2.27. The van der Waals surface area contributed by atoms with Crippen molar-refractivity contribution in [3.8, 4) is 0 Å². The number of pyridine rings is 1. The quantitative estimate of drug-likeness (QED) is 0.695. The van der Waals surface area contributed by atoms with E-state index in [-0.39, 0.29) is 5.91 Å². The minimum atomic E-state index is -1.06. The minimum Gasteiger partial charge on any atom is -0.318 e. The summed E-state index contributed by atoms with van der Waals surface area (Å²) in [5.41, 5.74) is 0.395. The van der Waals surface area contributed by atoms with E-state index in [0.29, 0.717) is 12.0 Å². The molecule has 3 rings (SSSR count). The summed E-state index contributed by atoms with van der Waals surface area (Å²) in [6.45, 7) is 1.86. The zero-order valence-electron chi connectivity index (χ0n) is 12.6. The van der Waals surface area contributed by atoms with Crippen molar-refractivity contribution in [1.29, 1.82) is 0 Å².